The maximum absolute atomic E-state index is 5.93. The molecule has 3 aromatic rings. The highest BCUT2D eigenvalue weighted by Gasteiger charge is 2.07. The van der Waals surface area contributed by atoms with Crippen LogP contribution in [-0.2, 0) is 10.7 Å². The third-order valence-electron chi connectivity index (χ3n) is 2.76. The van der Waals surface area contributed by atoms with Crippen LogP contribution in [-0.4, -0.2) is 9.97 Å². The fraction of sp³-hybridized carbons (Fsp3) is 0. The monoisotopic (exact) mass is 347 g/mol. The van der Waals surface area contributed by atoms with Gasteiger partial charge in [-0.1, -0.05) is 59.6 Å². The molecule has 110 valence electrons. The highest BCUT2D eigenvalue weighted by atomic mass is 35.5. The van der Waals surface area contributed by atoms with Gasteiger partial charge in [0.05, 0.1) is 0 Å². The fourth-order valence-electron chi connectivity index (χ4n) is 1.84. The SMILES string of the molecule is Clc1cc(Cl)nc(N=S(c2ccccc2)c2ccccc2)n1. The Balaban J connectivity index is 2.15. The van der Waals surface area contributed by atoms with Crippen molar-refractivity contribution < 1.29 is 0 Å². The molecule has 0 atom stereocenters. The van der Waals surface area contributed by atoms with Crippen molar-refractivity contribution in [2.45, 2.75) is 9.79 Å². The van der Waals surface area contributed by atoms with Crippen molar-refractivity contribution in [3.8, 4) is 0 Å². The maximum atomic E-state index is 5.93. The zero-order valence-electron chi connectivity index (χ0n) is 11.4. The van der Waals surface area contributed by atoms with E-state index < -0.39 is 10.7 Å². The Morgan fingerprint density at radius 1 is 0.727 bits per heavy atom. The van der Waals surface area contributed by atoms with Crippen molar-refractivity contribution in [2.75, 3.05) is 0 Å². The van der Waals surface area contributed by atoms with Crippen molar-refractivity contribution >= 4 is 39.8 Å². The van der Waals surface area contributed by atoms with E-state index in [1.807, 2.05) is 60.7 Å². The summed E-state index contributed by atoms with van der Waals surface area (Å²) in [7, 11) is -0.536. The van der Waals surface area contributed by atoms with Gasteiger partial charge in [-0.25, -0.2) is 0 Å². The van der Waals surface area contributed by atoms with Gasteiger partial charge in [0, 0.05) is 15.9 Å². The van der Waals surface area contributed by atoms with Crippen molar-refractivity contribution in [3.63, 3.8) is 0 Å². The third kappa shape index (κ3) is 3.71. The molecular formula is C16H11Cl2N3S. The quantitative estimate of drug-likeness (QED) is 0.600. The molecule has 22 heavy (non-hydrogen) atoms. The summed E-state index contributed by atoms with van der Waals surface area (Å²) in [4.78, 5) is 10.4. The molecule has 0 fully saturated rings. The molecule has 0 aliphatic rings. The maximum Gasteiger partial charge on any atom is 0.259 e. The summed E-state index contributed by atoms with van der Waals surface area (Å²) < 4.78 is 4.66. The van der Waals surface area contributed by atoms with E-state index in [4.69, 9.17) is 23.2 Å². The summed E-state index contributed by atoms with van der Waals surface area (Å²) in [5, 5.41) is 0.562. The first-order chi connectivity index (χ1) is 10.7. The van der Waals surface area contributed by atoms with E-state index in [1.165, 1.54) is 6.07 Å². The lowest BCUT2D eigenvalue weighted by Crippen LogP contribution is -1.93. The molecule has 0 aliphatic carbocycles. The van der Waals surface area contributed by atoms with Crippen LogP contribution in [0.2, 0.25) is 10.3 Å². The molecule has 0 bridgehead atoms. The summed E-state index contributed by atoms with van der Waals surface area (Å²) in [6, 6.07) is 21.5. The number of halogens is 2. The molecule has 3 rings (SSSR count). The molecular weight excluding hydrogens is 337 g/mol. The van der Waals surface area contributed by atoms with Crippen LogP contribution in [0.25, 0.3) is 0 Å². The number of hydrogen-bond donors (Lipinski definition) is 0. The first-order valence-electron chi connectivity index (χ1n) is 6.49. The number of aromatic nitrogens is 2. The first kappa shape index (κ1) is 15.2. The fourth-order valence-corrected chi connectivity index (χ4v) is 3.81. The lowest BCUT2D eigenvalue weighted by Gasteiger charge is -2.08. The van der Waals surface area contributed by atoms with E-state index in [2.05, 4.69) is 14.3 Å². The lowest BCUT2D eigenvalue weighted by molar-refractivity contribution is 1.14. The molecule has 0 unspecified atom stereocenters. The molecule has 0 spiro atoms. The van der Waals surface area contributed by atoms with Crippen LogP contribution in [0.5, 0.6) is 0 Å². The van der Waals surface area contributed by atoms with Crippen molar-refractivity contribution in [1.29, 1.82) is 0 Å². The highest BCUT2D eigenvalue weighted by Crippen LogP contribution is 2.23. The summed E-state index contributed by atoms with van der Waals surface area (Å²) in [5.74, 6) is 0.286. The minimum atomic E-state index is -0.536. The second kappa shape index (κ2) is 7.01. The number of benzene rings is 2. The van der Waals surface area contributed by atoms with Crippen LogP contribution >= 0.6 is 23.2 Å². The molecule has 0 saturated heterocycles. The third-order valence-corrected chi connectivity index (χ3v) is 4.93. The number of hydrogen-bond acceptors (Lipinski definition) is 3. The zero-order chi connectivity index (χ0) is 15.4. The normalized spacial score (nSPS) is 10.7. The van der Waals surface area contributed by atoms with E-state index in [0.29, 0.717) is 0 Å². The number of rotatable bonds is 3. The average molecular weight is 348 g/mol. The van der Waals surface area contributed by atoms with Crippen LogP contribution < -0.4 is 0 Å². The van der Waals surface area contributed by atoms with Gasteiger partial charge in [-0.05, 0) is 35.0 Å². The van der Waals surface area contributed by atoms with Gasteiger partial charge in [0.2, 0.25) is 0 Å². The van der Waals surface area contributed by atoms with Crippen LogP contribution in [0.4, 0.5) is 5.95 Å². The van der Waals surface area contributed by atoms with Crippen LogP contribution in [0.15, 0.2) is 80.9 Å². The van der Waals surface area contributed by atoms with Crippen LogP contribution in [0.1, 0.15) is 0 Å². The van der Waals surface area contributed by atoms with Crippen molar-refractivity contribution in [1.82, 2.24) is 9.97 Å². The van der Waals surface area contributed by atoms with Gasteiger partial charge in [-0.15, -0.1) is 0 Å². The van der Waals surface area contributed by atoms with E-state index in [-0.39, 0.29) is 16.3 Å². The largest absolute Gasteiger partial charge is 0.259 e. The van der Waals surface area contributed by atoms with E-state index >= 15 is 0 Å². The summed E-state index contributed by atoms with van der Waals surface area (Å²) in [6.45, 7) is 0. The van der Waals surface area contributed by atoms with Crippen LogP contribution in [0, 0.1) is 0 Å². The molecule has 0 amide bonds. The van der Waals surface area contributed by atoms with E-state index in [0.717, 1.165) is 9.79 Å². The van der Waals surface area contributed by atoms with Gasteiger partial charge in [-0.3, -0.25) is 0 Å². The first-order valence-corrected chi connectivity index (χ1v) is 8.42. The molecule has 0 aliphatic heterocycles. The van der Waals surface area contributed by atoms with E-state index in [1.54, 1.807) is 0 Å². The van der Waals surface area contributed by atoms with Gasteiger partial charge in [0.25, 0.3) is 5.95 Å². The van der Waals surface area contributed by atoms with Crippen molar-refractivity contribution in [2.24, 2.45) is 4.36 Å². The summed E-state index contributed by atoms with van der Waals surface area (Å²) in [6.07, 6.45) is 0. The second-order valence-corrected chi connectivity index (χ2v) is 6.78. The minimum Gasteiger partial charge on any atom is -0.199 e. The standard InChI is InChI=1S/C16H11Cl2N3S/c17-14-11-15(18)20-16(19-14)21-22(12-7-3-1-4-8-12)13-9-5-2-6-10-13/h1-11H. The second-order valence-electron chi connectivity index (χ2n) is 4.32. The molecule has 3 nitrogen and oxygen atoms in total. The Kier molecular flexibility index (Phi) is 4.83. The molecule has 6 heteroatoms. The van der Waals surface area contributed by atoms with E-state index in [9.17, 15) is 0 Å². The zero-order valence-corrected chi connectivity index (χ0v) is 13.7. The smallest absolute Gasteiger partial charge is 0.199 e. The Bertz CT molecular complexity index is 746. The molecule has 1 heterocycles. The predicted octanol–water partition coefficient (Wildman–Crippen LogP) is 5.34. The van der Waals surface area contributed by atoms with Crippen LogP contribution in [0.3, 0.4) is 0 Å². The Morgan fingerprint density at radius 2 is 1.18 bits per heavy atom. The molecule has 1 aromatic heterocycles. The van der Waals surface area contributed by atoms with Crippen molar-refractivity contribution in [3.05, 3.63) is 77.0 Å². The van der Waals surface area contributed by atoms with Gasteiger partial charge in [0.1, 0.15) is 10.3 Å². The molecule has 0 N–H and O–H groups in total. The predicted molar refractivity (Wildman–Crippen MR) is 90.9 cm³/mol. The number of nitrogens with zero attached hydrogens (tertiary/aromatic N) is 3. The summed E-state index contributed by atoms with van der Waals surface area (Å²) in [5.41, 5.74) is 0. The molecule has 2 aromatic carbocycles. The van der Waals surface area contributed by atoms with Gasteiger partial charge < -0.3 is 0 Å². The minimum absolute atomic E-state index is 0.281. The Labute approximate surface area is 141 Å². The van der Waals surface area contributed by atoms with Gasteiger partial charge in [-0.2, -0.15) is 14.3 Å². The highest BCUT2D eigenvalue weighted by molar-refractivity contribution is 7.87. The van der Waals surface area contributed by atoms with Gasteiger partial charge in [0.15, 0.2) is 0 Å². The Hall–Kier alpha value is -1.75. The topological polar surface area (TPSA) is 38.1 Å². The average Bonchev–Trinajstić information content (AvgIpc) is 2.53. The summed E-state index contributed by atoms with van der Waals surface area (Å²) >= 11 is 11.9. The molecule has 0 radical (unpaired) electrons. The lowest BCUT2D eigenvalue weighted by atomic mass is 10.4. The Morgan fingerprint density at radius 3 is 1.64 bits per heavy atom. The van der Waals surface area contributed by atoms with Gasteiger partial charge >= 0.3 is 0 Å². The molecule has 0 saturated carbocycles.